The molecule has 6 nitrogen and oxygen atoms in total. The van der Waals surface area contributed by atoms with E-state index in [4.69, 9.17) is 4.74 Å². The number of amides is 2. The van der Waals surface area contributed by atoms with Crippen LogP contribution in [0.2, 0.25) is 0 Å². The maximum absolute atomic E-state index is 12.4. The monoisotopic (exact) mass is 331 g/mol. The van der Waals surface area contributed by atoms with Crippen LogP contribution in [0.4, 0.5) is 0 Å². The van der Waals surface area contributed by atoms with E-state index < -0.39 is 6.04 Å². The number of hydrogen-bond acceptors (Lipinski definition) is 5. The second-order valence-corrected chi connectivity index (χ2v) is 6.16. The van der Waals surface area contributed by atoms with Crippen molar-refractivity contribution in [2.75, 3.05) is 13.2 Å². The molecule has 2 aromatic rings. The first-order valence-corrected chi connectivity index (χ1v) is 8.19. The number of nitrogens with zero attached hydrogens (tertiary/aromatic N) is 2. The summed E-state index contributed by atoms with van der Waals surface area (Å²) in [5.74, 6) is -0.390. The standard InChI is InChI=1S/C16H17N3O3S/c20-15-11-22-10-13(16(21)18-8-14-17-6-7-23-14)19(15)9-12-4-2-1-3-5-12/h1-7,13H,8-11H2,(H,18,21)/t13-/m1/s1. The van der Waals surface area contributed by atoms with E-state index in [0.717, 1.165) is 10.6 Å². The summed E-state index contributed by atoms with van der Waals surface area (Å²) in [6.45, 7) is 0.990. The lowest BCUT2D eigenvalue weighted by Gasteiger charge is -2.34. The lowest BCUT2D eigenvalue weighted by atomic mass is 10.1. The Morgan fingerprint density at radius 3 is 2.96 bits per heavy atom. The van der Waals surface area contributed by atoms with Gasteiger partial charge in [-0.1, -0.05) is 30.3 Å². The van der Waals surface area contributed by atoms with Gasteiger partial charge < -0.3 is 15.0 Å². The molecule has 1 aromatic carbocycles. The summed E-state index contributed by atoms with van der Waals surface area (Å²) in [6, 6.07) is 9.01. The minimum Gasteiger partial charge on any atom is -0.369 e. The van der Waals surface area contributed by atoms with Crippen LogP contribution in [0.15, 0.2) is 41.9 Å². The van der Waals surface area contributed by atoms with Crippen LogP contribution in [0.1, 0.15) is 10.6 Å². The SMILES string of the molecule is O=C(NCc1nccs1)[C@H]1COCC(=O)N1Cc1ccccc1. The van der Waals surface area contributed by atoms with Gasteiger partial charge in [0.05, 0.1) is 13.2 Å². The average molecular weight is 331 g/mol. The Morgan fingerprint density at radius 1 is 1.39 bits per heavy atom. The maximum Gasteiger partial charge on any atom is 0.249 e. The van der Waals surface area contributed by atoms with Gasteiger partial charge in [-0.15, -0.1) is 11.3 Å². The fraction of sp³-hybridized carbons (Fsp3) is 0.312. The molecule has 1 N–H and O–H groups in total. The number of morpholine rings is 1. The van der Waals surface area contributed by atoms with E-state index in [-0.39, 0.29) is 25.0 Å². The lowest BCUT2D eigenvalue weighted by molar-refractivity contribution is -0.155. The molecular weight excluding hydrogens is 314 g/mol. The van der Waals surface area contributed by atoms with Gasteiger partial charge in [0.1, 0.15) is 17.7 Å². The maximum atomic E-state index is 12.4. The van der Waals surface area contributed by atoms with Crippen molar-refractivity contribution >= 4 is 23.2 Å². The van der Waals surface area contributed by atoms with Crippen molar-refractivity contribution < 1.29 is 14.3 Å². The van der Waals surface area contributed by atoms with Crippen molar-refractivity contribution in [3.05, 3.63) is 52.5 Å². The molecule has 1 atom stereocenters. The minimum atomic E-state index is -0.614. The quantitative estimate of drug-likeness (QED) is 0.893. The van der Waals surface area contributed by atoms with E-state index in [0.29, 0.717) is 13.1 Å². The Bertz CT molecular complexity index is 660. The van der Waals surface area contributed by atoms with Gasteiger partial charge in [0.15, 0.2) is 0 Å². The van der Waals surface area contributed by atoms with Crippen molar-refractivity contribution in [2.45, 2.75) is 19.1 Å². The molecular formula is C16H17N3O3S. The van der Waals surface area contributed by atoms with Gasteiger partial charge in [-0.3, -0.25) is 9.59 Å². The molecule has 120 valence electrons. The van der Waals surface area contributed by atoms with Crippen molar-refractivity contribution in [3.63, 3.8) is 0 Å². The van der Waals surface area contributed by atoms with Crippen molar-refractivity contribution in [2.24, 2.45) is 0 Å². The van der Waals surface area contributed by atoms with Crippen LogP contribution in [-0.2, 0) is 27.4 Å². The predicted octanol–water partition coefficient (Wildman–Crippen LogP) is 1.19. The molecule has 1 aliphatic heterocycles. The second kappa shape index (κ2) is 7.34. The number of hydrogen-bond donors (Lipinski definition) is 1. The van der Waals surface area contributed by atoms with E-state index in [1.807, 2.05) is 35.7 Å². The molecule has 2 heterocycles. The second-order valence-electron chi connectivity index (χ2n) is 5.18. The Morgan fingerprint density at radius 2 is 2.22 bits per heavy atom. The number of ether oxygens (including phenoxy) is 1. The summed E-state index contributed by atoms with van der Waals surface area (Å²) in [5, 5.41) is 5.51. The zero-order valence-electron chi connectivity index (χ0n) is 12.5. The van der Waals surface area contributed by atoms with E-state index in [9.17, 15) is 9.59 Å². The van der Waals surface area contributed by atoms with Crippen LogP contribution < -0.4 is 5.32 Å². The number of aromatic nitrogens is 1. The van der Waals surface area contributed by atoms with Crippen LogP contribution in [0.25, 0.3) is 0 Å². The van der Waals surface area contributed by atoms with Gasteiger partial charge in [0, 0.05) is 18.1 Å². The van der Waals surface area contributed by atoms with E-state index in [2.05, 4.69) is 10.3 Å². The molecule has 1 fully saturated rings. The number of benzene rings is 1. The molecule has 0 unspecified atom stereocenters. The number of carbonyl (C=O) groups is 2. The number of thiazole rings is 1. The summed E-state index contributed by atoms with van der Waals surface area (Å²) in [5.41, 5.74) is 0.987. The molecule has 23 heavy (non-hydrogen) atoms. The van der Waals surface area contributed by atoms with Crippen molar-refractivity contribution in [1.29, 1.82) is 0 Å². The Hall–Kier alpha value is -2.25. The van der Waals surface area contributed by atoms with Crippen LogP contribution >= 0.6 is 11.3 Å². The molecule has 7 heteroatoms. The highest BCUT2D eigenvalue weighted by molar-refractivity contribution is 7.09. The largest absolute Gasteiger partial charge is 0.369 e. The van der Waals surface area contributed by atoms with Gasteiger partial charge in [0.25, 0.3) is 0 Å². The fourth-order valence-electron chi connectivity index (χ4n) is 2.42. The summed E-state index contributed by atoms with van der Waals surface area (Å²) in [6.07, 6.45) is 1.70. The predicted molar refractivity (Wildman–Crippen MR) is 85.6 cm³/mol. The third kappa shape index (κ3) is 3.94. The normalized spacial score (nSPS) is 18.0. The third-order valence-electron chi connectivity index (χ3n) is 3.59. The Balaban J connectivity index is 1.67. The highest BCUT2D eigenvalue weighted by Gasteiger charge is 2.33. The van der Waals surface area contributed by atoms with E-state index in [1.165, 1.54) is 11.3 Å². The number of carbonyl (C=O) groups excluding carboxylic acids is 2. The fourth-order valence-corrected chi connectivity index (χ4v) is 2.98. The van der Waals surface area contributed by atoms with Gasteiger partial charge in [-0.25, -0.2) is 4.98 Å². The minimum absolute atomic E-state index is 0.0170. The van der Waals surface area contributed by atoms with Crippen LogP contribution in [0, 0.1) is 0 Å². The molecule has 3 rings (SSSR count). The first-order chi connectivity index (χ1) is 11.2. The summed E-state index contributed by atoms with van der Waals surface area (Å²) in [7, 11) is 0. The zero-order chi connectivity index (χ0) is 16.1. The third-order valence-corrected chi connectivity index (χ3v) is 4.37. The Kier molecular flexibility index (Phi) is 4.99. The first kappa shape index (κ1) is 15.6. The molecule has 1 aromatic heterocycles. The lowest BCUT2D eigenvalue weighted by Crippen LogP contribution is -2.55. The van der Waals surface area contributed by atoms with Gasteiger partial charge >= 0.3 is 0 Å². The van der Waals surface area contributed by atoms with Gasteiger partial charge in [-0.2, -0.15) is 0 Å². The summed E-state index contributed by atoms with van der Waals surface area (Å²) >= 11 is 1.48. The van der Waals surface area contributed by atoms with Crippen LogP contribution in [-0.4, -0.2) is 41.0 Å². The molecule has 1 aliphatic rings. The summed E-state index contributed by atoms with van der Waals surface area (Å²) in [4.78, 5) is 30.3. The van der Waals surface area contributed by atoms with Crippen LogP contribution in [0.3, 0.4) is 0 Å². The topological polar surface area (TPSA) is 71.5 Å². The van der Waals surface area contributed by atoms with Crippen molar-refractivity contribution in [3.8, 4) is 0 Å². The van der Waals surface area contributed by atoms with Gasteiger partial charge in [-0.05, 0) is 5.56 Å². The molecule has 0 radical (unpaired) electrons. The number of nitrogens with one attached hydrogen (secondary N) is 1. The average Bonchev–Trinajstić information content (AvgIpc) is 3.09. The van der Waals surface area contributed by atoms with E-state index in [1.54, 1.807) is 11.1 Å². The number of rotatable bonds is 5. The smallest absolute Gasteiger partial charge is 0.249 e. The zero-order valence-corrected chi connectivity index (χ0v) is 13.3. The van der Waals surface area contributed by atoms with Crippen LogP contribution in [0.5, 0.6) is 0 Å². The molecule has 0 aliphatic carbocycles. The van der Waals surface area contributed by atoms with Crippen molar-refractivity contribution in [1.82, 2.24) is 15.2 Å². The molecule has 0 spiro atoms. The Labute approximate surface area is 138 Å². The highest BCUT2D eigenvalue weighted by Crippen LogP contribution is 2.14. The first-order valence-electron chi connectivity index (χ1n) is 7.31. The summed E-state index contributed by atoms with van der Waals surface area (Å²) < 4.78 is 5.26. The molecule has 0 bridgehead atoms. The van der Waals surface area contributed by atoms with Gasteiger partial charge in [0.2, 0.25) is 11.8 Å². The molecule has 1 saturated heterocycles. The molecule has 2 amide bonds. The van der Waals surface area contributed by atoms with E-state index >= 15 is 0 Å². The molecule has 0 saturated carbocycles. The highest BCUT2D eigenvalue weighted by atomic mass is 32.1.